The number of amides is 3. The van der Waals surface area contributed by atoms with Gasteiger partial charge in [-0.3, -0.25) is 4.79 Å². The molecule has 1 aromatic carbocycles. The first-order chi connectivity index (χ1) is 7.61. The molecule has 1 saturated heterocycles. The van der Waals surface area contributed by atoms with Crippen molar-refractivity contribution in [3.63, 3.8) is 0 Å². The lowest BCUT2D eigenvalue weighted by Crippen LogP contribution is -2.31. The Morgan fingerprint density at radius 2 is 2.06 bits per heavy atom. The fraction of sp³-hybridized carbons (Fsp3) is 0.273. The van der Waals surface area contributed by atoms with Crippen molar-refractivity contribution in [3.8, 4) is 0 Å². The van der Waals surface area contributed by atoms with Crippen LogP contribution in [0.4, 0.5) is 10.5 Å². The standard InChI is InChI=1S/C11H12N2O3/c1-7(14)8-4-2-3-5-9(8)13-10(15)6-12-11(13)16/h2-5,7,14H,6H2,1H3,(H,12,16). The van der Waals surface area contributed by atoms with Crippen molar-refractivity contribution in [2.24, 2.45) is 0 Å². The maximum Gasteiger partial charge on any atom is 0.329 e. The predicted molar refractivity (Wildman–Crippen MR) is 58.0 cm³/mol. The van der Waals surface area contributed by atoms with Crippen LogP contribution in [0.5, 0.6) is 0 Å². The summed E-state index contributed by atoms with van der Waals surface area (Å²) in [6, 6.07) is 6.37. The molecule has 0 radical (unpaired) electrons. The van der Waals surface area contributed by atoms with Crippen molar-refractivity contribution < 1.29 is 14.7 Å². The Bertz CT molecular complexity index is 427. The monoisotopic (exact) mass is 220 g/mol. The maximum absolute atomic E-state index is 11.5. The molecule has 2 rings (SSSR count). The Kier molecular flexibility index (Phi) is 2.62. The van der Waals surface area contributed by atoms with E-state index in [1.807, 2.05) is 0 Å². The van der Waals surface area contributed by atoms with E-state index in [1.54, 1.807) is 31.2 Å². The summed E-state index contributed by atoms with van der Waals surface area (Å²) in [7, 11) is 0. The zero-order valence-corrected chi connectivity index (χ0v) is 8.80. The van der Waals surface area contributed by atoms with Crippen molar-refractivity contribution in [1.29, 1.82) is 0 Å². The van der Waals surface area contributed by atoms with Crippen LogP contribution in [0.25, 0.3) is 0 Å². The van der Waals surface area contributed by atoms with Crippen LogP contribution in [-0.4, -0.2) is 23.6 Å². The van der Waals surface area contributed by atoms with Gasteiger partial charge in [-0.25, -0.2) is 9.69 Å². The van der Waals surface area contributed by atoms with E-state index in [0.717, 1.165) is 4.90 Å². The number of hydrogen-bond acceptors (Lipinski definition) is 3. The third-order valence-corrected chi connectivity index (χ3v) is 2.47. The molecule has 1 fully saturated rings. The molecule has 0 bridgehead atoms. The molecule has 2 N–H and O–H groups in total. The van der Waals surface area contributed by atoms with Gasteiger partial charge in [-0.15, -0.1) is 0 Å². The summed E-state index contributed by atoms with van der Waals surface area (Å²) < 4.78 is 0. The van der Waals surface area contributed by atoms with Crippen molar-refractivity contribution >= 4 is 17.6 Å². The van der Waals surface area contributed by atoms with Crippen LogP contribution in [-0.2, 0) is 4.79 Å². The van der Waals surface area contributed by atoms with Crippen molar-refractivity contribution in [2.75, 3.05) is 11.4 Å². The molecule has 1 aliphatic rings. The molecule has 84 valence electrons. The lowest BCUT2D eigenvalue weighted by molar-refractivity contribution is -0.115. The number of benzene rings is 1. The molecule has 1 aliphatic heterocycles. The summed E-state index contributed by atoms with van der Waals surface area (Å²) in [6.07, 6.45) is -0.725. The zero-order chi connectivity index (χ0) is 11.7. The maximum atomic E-state index is 11.5. The minimum Gasteiger partial charge on any atom is -0.389 e. The van der Waals surface area contributed by atoms with Gasteiger partial charge in [0.2, 0.25) is 0 Å². The Morgan fingerprint density at radius 1 is 1.38 bits per heavy atom. The van der Waals surface area contributed by atoms with Crippen LogP contribution in [0.3, 0.4) is 0 Å². The average Bonchev–Trinajstić information content (AvgIpc) is 2.58. The molecule has 5 nitrogen and oxygen atoms in total. The molecular formula is C11H12N2O3. The third kappa shape index (κ3) is 1.65. The van der Waals surface area contributed by atoms with Gasteiger partial charge in [0.15, 0.2) is 0 Å². The summed E-state index contributed by atoms with van der Waals surface area (Å²) in [5, 5.41) is 12.0. The number of aliphatic hydroxyl groups is 1. The summed E-state index contributed by atoms with van der Waals surface area (Å²) in [4.78, 5) is 24.1. The Morgan fingerprint density at radius 3 is 2.62 bits per heavy atom. The van der Waals surface area contributed by atoms with E-state index in [4.69, 9.17) is 0 Å². The molecule has 0 aliphatic carbocycles. The first-order valence-electron chi connectivity index (χ1n) is 4.99. The van der Waals surface area contributed by atoms with Gasteiger partial charge in [-0.05, 0) is 13.0 Å². The van der Waals surface area contributed by atoms with E-state index in [1.165, 1.54) is 0 Å². The van der Waals surface area contributed by atoms with Gasteiger partial charge in [0.25, 0.3) is 5.91 Å². The molecule has 1 aromatic rings. The minimum absolute atomic E-state index is 0.00692. The van der Waals surface area contributed by atoms with E-state index in [2.05, 4.69) is 5.32 Å². The van der Waals surface area contributed by atoms with Crippen LogP contribution in [0, 0.1) is 0 Å². The van der Waals surface area contributed by atoms with Gasteiger partial charge in [0.1, 0.15) is 0 Å². The zero-order valence-electron chi connectivity index (χ0n) is 8.80. The van der Waals surface area contributed by atoms with Crippen molar-refractivity contribution in [2.45, 2.75) is 13.0 Å². The number of urea groups is 1. The SMILES string of the molecule is CC(O)c1ccccc1N1C(=O)CNC1=O. The number of hydrogen-bond donors (Lipinski definition) is 2. The Labute approximate surface area is 92.7 Å². The van der Waals surface area contributed by atoms with Crippen LogP contribution in [0.1, 0.15) is 18.6 Å². The van der Waals surface area contributed by atoms with Gasteiger partial charge in [0, 0.05) is 5.56 Å². The Balaban J connectivity index is 2.47. The molecule has 1 unspecified atom stereocenters. The number of nitrogens with zero attached hydrogens (tertiary/aromatic N) is 1. The minimum atomic E-state index is -0.725. The molecule has 3 amide bonds. The van der Waals surface area contributed by atoms with E-state index >= 15 is 0 Å². The van der Waals surface area contributed by atoms with Gasteiger partial charge >= 0.3 is 6.03 Å². The predicted octanol–water partition coefficient (Wildman–Crippen LogP) is 0.796. The molecule has 16 heavy (non-hydrogen) atoms. The fourth-order valence-electron chi connectivity index (χ4n) is 1.71. The molecule has 0 aromatic heterocycles. The number of aliphatic hydroxyl groups excluding tert-OH is 1. The van der Waals surface area contributed by atoms with Gasteiger partial charge < -0.3 is 10.4 Å². The molecular weight excluding hydrogens is 208 g/mol. The normalized spacial score (nSPS) is 17.5. The van der Waals surface area contributed by atoms with Gasteiger partial charge in [0.05, 0.1) is 18.3 Å². The number of rotatable bonds is 2. The van der Waals surface area contributed by atoms with E-state index < -0.39 is 12.1 Å². The highest BCUT2D eigenvalue weighted by atomic mass is 16.3. The first kappa shape index (κ1) is 10.6. The van der Waals surface area contributed by atoms with Crippen LogP contribution < -0.4 is 10.2 Å². The average molecular weight is 220 g/mol. The Hall–Kier alpha value is -1.88. The molecule has 0 spiro atoms. The van der Waals surface area contributed by atoms with E-state index in [-0.39, 0.29) is 12.5 Å². The van der Waals surface area contributed by atoms with Crippen LogP contribution in [0.2, 0.25) is 0 Å². The lowest BCUT2D eigenvalue weighted by atomic mass is 10.1. The van der Waals surface area contributed by atoms with Crippen molar-refractivity contribution in [3.05, 3.63) is 29.8 Å². The number of carbonyl (C=O) groups excluding carboxylic acids is 2. The highest BCUT2D eigenvalue weighted by molar-refractivity contribution is 6.20. The van der Waals surface area contributed by atoms with Crippen molar-refractivity contribution in [1.82, 2.24) is 5.32 Å². The number of anilines is 1. The number of nitrogens with one attached hydrogen (secondary N) is 1. The topological polar surface area (TPSA) is 69.6 Å². The second-order valence-corrected chi connectivity index (χ2v) is 3.62. The second kappa shape index (κ2) is 3.94. The van der Waals surface area contributed by atoms with Crippen LogP contribution >= 0.6 is 0 Å². The van der Waals surface area contributed by atoms with Gasteiger partial charge in [-0.1, -0.05) is 18.2 Å². The quantitative estimate of drug-likeness (QED) is 0.724. The molecule has 1 heterocycles. The summed E-state index contributed by atoms with van der Waals surface area (Å²) in [5.41, 5.74) is 1.01. The van der Waals surface area contributed by atoms with Crippen LogP contribution in [0.15, 0.2) is 24.3 Å². The number of carbonyl (C=O) groups is 2. The largest absolute Gasteiger partial charge is 0.389 e. The summed E-state index contributed by atoms with van der Waals surface area (Å²) >= 11 is 0. The van der Waals surface area contributed by atoms with E-state index in [9.17, 15) is 14.7 Å². The second-order valence-electron chi connectivity index (χ2n) is 3.62. The van der Waals surface area contributed by atoms with E-state index in [0.29, 0.717) is 11.3 Å². The highest BCUT2D eigenvalue weighted by Gasteiger charge is 2.31. The number of para-hydroxylation sites is 1. The molecule has 5 heteroatoms. The number of imide groups is 1. The summed E-state index contributed by atoms with van der Waals surface area (Å²) in [5.74, 6) is -0.307. The lowest BCUT2D eigenvalue weighted by Gasteiger charge is -2.18. The summed E-state index contributed by atoms with van der Waals surface area (Å²) in [6.45, 7) is 1.60. The fourth-order valence-corrected chi connectivity index (χ4v) is 1.71. The molecule has 0 saturated carbocycles. The molecule has 1 atom stereocenters. The highest BCUT2D eigenvalue weighted by Crippen LogP contribution is 2.27. The third-order valence-electron chi connectivity index (χ3n) is 2.47. The van der Waals surface area contributed by atoms with Gasteiger partial charge in [-0.2, -0.15) is 0 Å². The first-order valence-corrected chi connectivity index (χ1v) is 4.99. The smallest absolute Gasteiger partial charge is 0.329 e.